The van der Waals surface area contributed by atoms with Crippen LogP contribution in [-0.4, -0.2) is 52.5 Å². The van der Waals surface area contributed by atoms with Crippen molar-refractivity contribution in [3.63, 3.8) is 0 Å². The zero-order chi connectivity index (χ0) is 26.9. The highest BCUT2D eigenvalue weighted by Crippen LogP contribution is 2.35. The van der Waals surface area contributed by atoms with Gasteiger partial charge in [-0.05, 0) is 61.9 Å². The van der Waals surface area contributed by atoms with Gasteiger partial charge in [0.05, 0.1) is 23.7 Å². The number of aromatic amines is 1. The van der Waals surface area contributed by atoms with Gasteiger partial charge in [0.25, 0.3) is 5.56 Å². The highest BCUT2D eigenvalue weighted by atomic mass is 19.4. The van der Waals surface area contributed by atoms with Gasteiger partial charge in [-0.2, -0.15) is 18.4 Å². The molecule has 0 atom stereocenters. The number of hydrogen-bond acceptors (Lipinski definition) is 6. The van der Waals surface area contributed by atoms with Crippen LogP contribution in [0.15, 0.2) is 47.4 Å². The molecule has 0 bridgehead atoms. The molecule has 1 aromatic carbocycles. The summed E-state index contributed by atoms with van der Waals surface area (Å²) in [6.07, 6.45) is 1.03. The average molecular weight is 525 g/mol. The van der Waals surface area contributed by atoms with Gasteiger partial charge in [-0.15, -0.1) is 0 Å². The predicted octanol–water partition coefficient (Wildman–Crippen LogP) is 3.75. The first-order valence-electron chi connectivity index (χ1n) is 12.6. The second kappa shape index (κ2) is 10.5. The van der Waals surface area contributed by atoms with Crippen molar-refractivity contribution in [2.24, 2.45) is 0 Å². The van der Waals surface area contributed by atoms with Gasteiger partial charge in [-0.3, -0.25) is 14.5 Å². The van der Waals surface area contributed by atoms with E-state index >= 15 is 0 Å². The van der Waals surface area contributed by atoms with Gasteiger partial charge >= 0.3 is 6.18 Å². The number of rotatable bonds is 6. The molecule has 2 aromatic heterocycles. The number of nitrogens with one attached hydrogen (secondary N) is 3. The van der Waals surface area contributed by atoms with Crippen molar-refractivity contribution in [3.05, 3.63) is 69.8 Å². The number of alkyl halides is 3. The number of likely N-dealkylation sites (tertiary alicyclic amines) is 1. The Bertz CT molecular complexity index is 1430. The summed E-state index contributed by atoms with van der Waals surface area (Å²) in [7, 11) is 0. The van der Waals surface area contributed by atoms with Crippen molar-refractivity contribution in [1.82, 2.24) is 20.2 Å². The van der Waals surface area contributed by atoms with Gasteiger partial charge in [0, 0.05) is 42.0 Å². The van der Waals surface area contributed by atoms with Crippen molar-refractivity contribution >= 4 is 22.5 Å². The maximum atomic E-state index is 13.2. The number of benzene rings is 1. The first-order valence-corrected chi connectivity index (χ1v) is 12.6. The van der Waals surface area contributed by atoms with Crippen LogP contribution in [0.5, 0.6) is 0 Å². The molecule has 8 nitrogen and oxygen atoms in total. The number of carbonyl (C=O) groups excluding carboxylic acids is 1. The molecule has 0 unspecified atom stereocenters. The van der Waals surface area contributed by atoms with E-state index in [9.17, 15) is 28.0 Å². The van der Waals surface area contributed by atoms with Crippen LogP contribution in [0.3, 0.4) is 0 Å². The minimum absolute atomic E-state index is 0.000299. The summed E-state index contributed by atoms with van der Waals surface area (Å²) in [4.78, 5) is 33.8. The van der Waals surface area contributed by atoms with E-state index in [4.69, 9.17) is 0 Å². The van der Waals surface area contributed by atoms with Gasteiger partial charge in [-0.1, -0.05) is 6.07 Å². The van der Waals surface area contributed by atoms with E-state index in [-0.39, 0.29) is 52.3 Å². The lowest BCUT2D eigenvalue weighted by Gasteiger charge is -2.46. The zero-order valence-electron chi connectivity index (χ0n) is 20.5. The maximum Gasteiger partial charge on any atom is 0.416 e. The standard InChI is InChI=1S/C27H27F3N6O2/c28-27(29,30)17-5-8-23-22(10-17)24(11-18(12-31)34-23)33-13-25(37)35-19-14-36(15-19)20-6-3-16(4-7-20)21-2-1-9-32-26(21)38/h1-2,5,8-11,16,19-20H,3-4,6-7,13-15H2,(H,32,38)(H,33,34)(H,35,37). The summed E-state index contributed by atoms with van der Waals surface area (Å²) in [6, 6.07) is 10.5. The fourth-order valence-corrected chi connectivity index (χ4v) is 5.47. The topological polar surface area (TPSA) is 114 Å². The largest absolute Gasteiger partial charge is 0.416 e. The number of hydrogen-bond donors (Lipinski definition) is 3. The van der Waals surface area contributed by atoms with E-state index in [1.54, 1.807) is 6.20 Å². The third-order valence-electron chi connectivity index (χ3n) is 7.47. The van der Waals surface area contributed by atoms with Gasteiger partial charge in [0.15, 0.2) is 0 Å². The molecule has 0 radical (unpaired) electrons. The summed E-state index contributed by atoms with van der Waals surface area (Å²) in [5.41, 5.74) is 0.536. The van der Waals surface area contributed by atoms with Gasteiger partial charge in [0.1, 0.15) is 11.8 Å². The highest BCUT2D eigenvalue weighted by Gasteiger charge is 2.36. The number of pyridine rings is 2. The van der Waals surface area contributed by atoms with Crippen molar-refractivity contribution in [1.29, 1.82) is 5.26 Å². The zero-order valence-corrected chi connectivity index (χ0v) is 20.5. The van der Waals surface area contributed by atoms with Crippen LogP contribution in [-0.2, 0) is 11.0 Å². The van der Waals surface area contributed by atoms with Crippen molar-refractivity contribution < 1.29 is 18.0 Å². The number of carbonyl (C=O) groups is 1. The maximum absolute atomic E-state index is 13.2. The second-order valence-electron chi connectivity index (χ2n) is 9.93. The summed E-state index contributed by atoms with van der Waals surface area (Å²) in [5.74, 6) is -0.00538. The summed E-state index contributed by atoms with van der Waals surface area (Å²) in [6.45, 7) is 1.32. The van der Waals surface area contributed by atoms with Gasteiger partial charge in [-0.25, -0.2) is 4.98 Å². The Morgan fingerprint density at radius 1 is 1.16 bits per heavy atom. The molecule has 198 valence electrons. The van der Waals surface area contributed by atoms with Crippen molar-refractivity contribution in [3.8, 4) is 6.07 Å². The molecule has 5 rings (SSSR count). The number of anilines is 1. The SMILES string of the molecule is N#Cc1cc(NCC(=O)NC2CN(C3CCC(c4ccc[nH]c4=O)CC3)C2)c2cc(C(F)(F)F)ccc2n1. The first-order chi connectivity index (χ1) is 18.2. The van der Waals surface area contributed by atoms with Crippen molar-refractivity contribution in [2.75, 3.05) is 25.0 Å². The quantitative estimate of drug-likeness (QED) is 0.453. The fraction of sp³-hybridized carbons (Fsp3) is 0.407. The molecule has 1 aliphatic carbocycles. The molecule has 0 spiro atoms. The molecule has 11 heteroatoms. The molecule has 3 aromatic rings. The average Bonchev–Trinajstić information content (AvgIpc) is 2.88. The molecular weight excluding hydrogens is 497 g/mol. The minimum Gasteiger partial charge on any atom is -0.376 e. The molecule has 1 aliphatic heterocycles. The number of aromatic nitrogens is 2. The number of nitrogens with zero attached hydrogens (tertiary/aromatic N) is 3. The minimum atomic E-state index is -4.52. The highest BCUT2D eigenvalue weighted by molar-refractivity contribution is 5.94. The normalized spacial score (nSPS) is 20.5. The predicted molar refractivity (Wildman–Crippen MR) is 136 cm³/mol. The van der Waals surface area contributed by atoms with E-state index in [0.717, 1.165) is 56.5 Å². The Hall–Kier alpha value is -3.91. The van der Waals surface area contributed by atoms with Crippen molar-refractivity contribution in [2.45, 2.75) is 49.9 Å². The summed E-state index contributed by atoms with van der Waals surface area (Å²) < 4.78 is 39.6. The molecule has 3 N–H and O–H groups in total. The van der Waals surface area contributed by atoms with E-state index in [0.29, 0.717) is 6.04 Å². The lowest BCUT2D eigenvalue weighted by Crippen LogP contribution is -2.63. The molecule has 1 saturated heterocycles. The Morgan fingerprint density at radius 3 is 2.61 bits per heavy atom. The van der Waals surface area contributed by atoms with Gasteiger partial charge < -0.3 is 15.6 Å². The van der Waals surface area contributed by atoms with Crippen LogP contribution in [0, 0.1) is 11.3 Å². The van der Waals surface area contributed by atoms with Crippen LogP contribution in [0.4, 0.5) is 18.9 Å². The number of fused-ring (bicyclic) bond motifs is 1. The lowest BCUT2D eigenvalue weighted by atomic mass is 9.80. The molecule has 1 amide bonds. The first kappa shape index (κ1) is 25.7. The van der Waals surface area contributed by atoms with E-state index in [2.05, 4.69) is 25.5 Å². The Kier molecular flexibility index (Phi) is 7.08. The lowest BCUT2D eigenvalue weighted by molar-refractivity contribution is -0.137. The summed E-state index contributed by atoms with van der Waals surface area (Å²) >= 11 is 0. The number of H-pyrrole nitrogens is 1. The fourth-order valence-electron chi connectivity index (χ4n) is 5.47. The second-order valence-corrected chi connectivity index (χ2v) is 9.93. The molecule has 2 fully saturated rings. The number of halogens is 3. The van der Waals surface area contributed by atoms with E-state index in [1.807, 2.05) is 18.2 Å². The Labute approximate surface area is 216 Å². The van der Waals surface area contributed by atoms with Crippen LogP contribution in [0.1, 0.15) is 48.4 Å². The smallest absolute Gasteiger partial charge is 0.376 e. The molecule has 2 aliphatic rings. The summed E-state index contributed by atoms with van der Waals surface area (Å²) in [5, 5.41) is 15.3. The van der Waals surface area contributed by atoms with E-state index in [1.165, 1.54) is 12.1 Å². The molecule has 3 heterocycles. The number of amides is 1. The third-order valence-corrected chi connectivity index (χ3v) is 7.47. The molecule has 1 saturated carbocycles. The van der Waals surface area contributed by atoms with Crippen LogP contribution >= 0.6 is 0 Å². The van der Waals surface area contributed by atoms with Crippen LogP contribution in [0.2, 0.25) is 0 Å². The molecule has 38 heavy (non-hydrogen) atoms. The van der Waals surface area contributed by atoms with Crippen LogP contribution < -0.4 is 16.2 Å². The van der Waals surface area contributed by atoms with Gasteiger partial charge in [0.2, 0.25) is 5.91 Å². The monoisotopic (exact) mass is 524 g/mol. The Morgan fingerprint density at radius 2 is 1.92 bits per heavy atom. The van der Waals surface area contributed by atoms with Crippen LogP contribution in [0.25, 0.3) is 10.9 Å². The Balaban J connectivity index is 1.13. The molecular formula is C27H27F3N6O2. The third kappa shape index (κ3) is 5.50. The number of nitriles is 1. The van der Waals surface area contributed by atoms with E-state index < -0.39 is 11.7 Å².